The number of guanidine groups is 1. The fraction of sp³-hybridized carbons (Fsp3) is 0.409. The minimum atomic E-state index is 0.546. The number of halogens is 1. The molecule has 0 bridgehead atoms. The van der Waals surface area contributed by atoms with E-state index in [9.17, 15) is 0 Å². The van der Waals surface area contributed by atoms with Gasteiger partial charge in [-0.3, -0.25) is 4.90 Å². The van der Waals surface area contributed by atoms with Crippen molar-refractivity contribution in [2.24, 2.45) is 4.99 Å². The summed E-state index contributed by atoms with van der Waals surface area (Å²) in [6, 6.07) is 16.4. The number of morpholine rings is 1. The van der Waals surface area contributed by atoms with Gasteiger partial charge in [-0.05, 0) is 29.7 Å². The summed E-state index contributed by atoms with van der Waals surface area (Å²) in [5, 5.41) is 7.52. The Morgan fingerprint density at radius 2 is 1.68 bits per heavy atom. The maximum Gasteiger partial charge on any atom is 0.191 e. The second kappa shape index (κ2) is 11.1. The van der Waals surface area contributed by atoms with E-state index >= 15 is 0 Å². The van der Waals surface area contributed by atoms with Gasteiger partial charge in [-0.25, -0.2) is 4.99 Å². The number of nitrogens with zero attached hydrogens (tertiary/aromatic N) is 2. The average molecular weight is 401 g/mol. The topological polar surface area (TPSA) is 48.9 Å². The second-order valence-electron chi connectivity index (χ2n) is 6.80. The highest BCUT2D eigenvalue weighted by Crippen LogP contribution is 2.16. The molecule has 0 spiro atoms. The monoisotopic (exact) mass is 400 g/mol. The molecule has 2 N–H and O–H groups in total. The lowest BCUT2D eigenvalue weighted by Crippen LogP contribution is -2.38. The Bertz CT molecular complexity index is 775. The predicted molar refractivity (Wildman–Crippen MR) is 116 cm³/mol. The van der Waals surface area contributed by atoms with Gasteiger partial charge in [0.05, 0.1) is 19.8 Å². The fourth-order valence-corrected chi connectivity index (χ4v) is 3.39. The van der Waals surface area contributed by atoms with Gasteiger partial charge in [0.1, 0.15) is 0 Å². The standard InChI is InChI=1S/C22H29ClN4O/c1-2-24-22(26-16-19-8-5-6-10-21(19)23)25-15-18-7-3-4-9-20(18)17-27-11-13-28-14-12-27/h3-10H,2,11-17H2,1H3,(H2,24,25,26). The van der Waals surface area contributed by atoms with E-state index in [1.807, 2.05) is 24.3 Å². The van der Waals surface area contributed by atoms with Gasteiger partial charge in [0.25, 0.3) is 0 Å². The molecule has 0 saturated carbocycles. The smallest absolute Gasteiger partial charge is 0.191 e. The summed E-state index contributed by atoms with van der Waals surface area (Å²) in [6.07, 6.45) is 0. The van der Waals surface area contributed by atoms with Crippen LogP contribution in [0.1, 0.15) is 23.6 Å². The molecule has 28 heavy (non-hydrogen) atoms. The highest BCUT2D eigenvalue weighted by atomic mass is 35.5. The van der Waals surface area contributed by atoms with Crippen molar-refractivity contribution >= 4 is 17.6 Å². The molecule has 0 atom stereocenters. The van der Waals surface area contributed by atoms with Crippen molar-refractivity contribution in [2.75, 3.05) is 32.8 Å². The quantitative estimate of drug-likeness (QED) is 0.552. The van der Waals surface area contributed by atoms with E-state index in [1.165, 1.54) is 11.1 Å². The Hall–Kier alpha value is -2.08. The molecule has 1 aliphatic heterocycles. The molecule has 0 radical (unpaired) electrons. The van der Waals surface area contributed by atoms with Crippen LogP contribution in [0.3, 0.4) is 0 Å². The van der Waals surface area contributed by atoms with Crippen LogP contribution in [0.15, 0.2) is 53.5 Å². The summed E-state index contributed by atoms with van der Waals surface area (Å²) in [4.78, 5) is 7.13. The normalized spacial score (nSPS) is 15.4. The molecule has 0 unspecified atom stereocenters. The lowest BCUT2D eigenvalue weighted by Gasteiger charge is -2.27. The minimum Gasteiger partial charge on any atom is -0.379 e. The lowest BCUT2D eigenvalue weighted by molar-refractivity contribution is 0.0341. The van der Waals surface area contributed by atoms with Gasteiger partial charge >= 0.3 is 0 Å². The Balaban J connectivity index is 1.63. The number of rotatable bonds is 7. The first-order chi connectivity index (χ1) is 13.8. The van der Waals surface area contributed by atoms with E-state index in [0.717, 1.165) is 62.5 Å². The molecular weight excluding hydrogens is 372 g/mol. The number of benzene rings is 2. The highest BCUT2D eigenvalue weighted by molar-refractivity contribution is 6.31. The maximum absolute atomic E-state index is 6.25. The first-order valence-corrected chi connectivity index (χ1v) is 10.3. The van der Waals surface area contributed by atoms with Crippen molar-refractivity contribution < 1.29 is 4.74 Å². The van der Waals surface area contributed by atoms with Gasteiger partial charge < -0.3 is 15.4 Å². The minimum absolute atomic E-state index is 0.546. The molecule has 2 aromatic rings. The van der Waals surface area contributed by atoms with Crippen LogP contribution in [0.2, 0.25) is 5.02 Å². The number of ether oxygens (including phenoxy) is 1. The fourth-order valence-electron chi connectivity index (χ4n) is 3.20. The summed E-state index contributed by atoms with van der Waals surface area (Å²) < 4.78 is 5.46. The average Bonchev–Trinajstić information content (AvgIpc) is 2.73. The molecule has 2 aromatic carbocycles. The number of hydrogen-bond donors (Lipinski definition) is 2. The Labute approximate surface area is 172 Å². The zero-order valence-electron chi connectivity index (χ0n) is 16.5. The van der Waals surface area contributed by atoms with Gasteiger partial charge in [0, 0.05) is 37.7 Å². The SMILES string of the molecule is CCNC(=NCc1ccccc1Cl)NCc1ccccc1CN1CCOCC1. The van der Waals surface area contributed by atoms with Crippen LogP contribution in [-0.2, 0) is 24.4 Å². The number of aliphatic imine (C=N–C) groups is 1. The molecule has 5 nitrogen and oxygen atoms in total. The zero-order valence-corrected chi connectivity index (χ0v) is 17.2. The van der Waals surface area contributed by atoms with Crippen LogP contribution in [0.25, 0.3) is 0 Å². The summed E-state index contributed by atoms with van der Waals surface area (Å²) in [7, 11) is 0. The van der Waals surface area contributed by atoms with Gasteiger partial charge in [0.2, 0.25) is 0 Å². The van der Waals surface area contributed by atoms with E-state index in [-0.39, 0.29) is 0 Å². The zero-order chi connectivity index (χ0) is 19.6. The molecular formula is C22H29ClN4O. The molecule has 1 heterocycles. The molecule has 1 fully saturated rings. The Morgan fingerprint density at radius 3 is 2.39 bits per heavy atom. The predicted octanol–water partition coefficient (Wildman–Crippen LogP) is 3.43. The molecule has 0 aromatic heterocycles. The Morgan fingerprint density at radius 1 is 1.00 bits per heavy atom. The highest BCUT2D eigenvalue weighted by Gasteiger charge is 2.12. The molecule has 1 saturated heterocycles. The first kappa shape index (κ1) is 20.6. The summed E-state index contributed by atoms with van der Waals surface area (Å²) in [6.45, 7) is 8.73. The summed E-state index contributed by atoms with van der Waals surface area (Å²) in [5.74, 6) is 0.795. The van der Waals surface area contributed by atoms with Gasteiger partial charge in [0.15, 0.2) is 5.96 Å². The molecule has 1 aliphatic rings. The lowest BCUT2D eigenvalue weighted by atomic mass is 10.1. The molecule has 3 rings (SSSR count). The van der Waals surface area contributed by atoms with Crippen molar-refractivity contribution in [2.45, 2.75) is 26.6 Å². The van der Waals surface area contributed by atoms with Crippen molar-refractivity contribution in [1.29, 1.82) is 0 Å². The van der Waals surface area contributed by atoms with Crippen LogP contribution in [-0.4, -0.2) is 43.7 Å². The second-order valence-corrected chi connectivity index (χ2v) is 7.20. The van der Waals surface area contributed by atoms with Crippen molar-refractivity contribution in [3.63, 3.8) is 0 Å². The van der Waals surface area contributed by atoms with Crippen molar-refractivity contribution in [3.05, 3.63) is 70.2 Å². The van der Waals surface area contributed by atoms with Gasteiger partial charge in [-0.1, -0.05) is 54.1 Å². The summed E-state index contributed by atoms with van der Waals surface area (Å²) >= 11 is 6.25. The Kier molecular flexibility index (Phi) is 8.15. The first-order valence-electron chi connectivity index (χ1n) is 9.88. The third-order valence-electron chi connectivity index (χ3n) is 4.77. The van der Waals surface area contributed by atoms with Crippen molar-refractivity contribution in [1.82, 2.24) is 15.5 Å². The van der Waals surface area contributed by atoms with E-state index in [0.29, 0.717) is 6.54 Å². The maximum atomic E-state index is 6.25. The van der Waals surface area contributed by atoms with Crippen LogP contribution >= 0.6 is 11.6 Å². The van der Waals surface area contributed by atoms with Crippen molar-refractivity contribution in [3.8, 4) is 0 Å². The summed E-state index contributed by atoms with van der Waals surface area (Å²) in [5.41, 5.74) is 3.66. The van der Waals surface area contributed by atoms with Crippen LogP contribution in [0, 0.1) is 0 Å². The molecule has 150 valence electrons. The van der Waals surface area contributed by atoms with Gasteiger partial charge in [-0.15, -0.1) is 0 Å². The third-order valence-corrected chi connectivity index (χ3v) is 5.14. The number of hydrogen-bond acceptors (Lipinski definition) is 3. The molecule has 0 aliphatic carbocycles. The van der Waals surface area contributed by atoms with Crippen LogP contribution < -0.4 is 10.6 Å². The van der Waals surface area contributed by atoms with E-state index in [1.54, 1.807) is 0 Å². The third kappa shape index (κ3) is 6.23. The van der Waals surface area contributed by atoms with E-state index in [2.05, 4.69) is 51.7 Å². The van der Waals surface area contributed by atoms with Gasteiger partial charge in [-0.2, -0.15) is 0 Å². The van der Waals surface area contributed by atoms with Crippen LogP contribution in [0.5, 0.6) is 0 Å². The molecule has 6 heteroatoms. The molecule has 0 amide bonds. The number of nitrogens with one attached hydrogen (secondary N) is 2. The van der Waals surface area contributed by atoms with Crippen LogP contribution in [0.4, 0.5) is 0 Å². The van der Waals surface area contributed by atoms with E-state index < -0.39 is 0 Å². The largest absolute Gasteiger partial charge is 0.379 e. The van der Waals surface area contributed by atoms with E-state index in [4.69, 9.17) is 16.3 Å².